The highest BCUT2D eigenvalue weighted by molar-refractivity contribution is 5.99. The summed E-state index contributed by atoms with van der Waals surface area (Å²) < 4.78 is 28.9. The number of nitrogens with one attached hydrogen (secondary N) is 1. The number of hydrogen-bond donors (Lipinski definition) is 1. The number of aromatic nitrogens is 2. The van der Waals surface area contributed by atoms with Crippen LogP contribution in [0.15, 0.2) is 42.6 Å². The van der Waals surface area contributed by atoms with E-state index in [1.54, 1.807) is 17.2 Å². The lowest BCUT2D eigenvalue weighted by Gasteiger charge is -2.37. The Morgan fingerprint density at radius 2 is 1.88 bits per heavy atom. The Morgan fingerprint density at radius 1 is 1.12 bits per heavy atom. The van der Waals surface area contributed by atoms with Crippen LogP contribution in [0.2, 0.25) is 0 Å². The average Bonchev–Trinajstić information content (AvgIpc) is 3.19. The maximum Gasteiger partial charge on any atom is 0.253 e. The van der Waals surface area contributed by atoms with Crippen LogP contribution in [0, 0.1) is 11.6 Å². The van der Waals surface area contributed by atoms with Gasteiger partial charge in [-0.2, -0.15) is 0 Å². The molecule has 0 radical (unpaired) electrons. The smallest absolute Gasteiger partial charge is 0.253 e. The minimum absolute atomic E-state index is 0.0773. The van der Waals surface area contributed by atoms with Crippen molar-refractivity contribution in [2.45, 2.75) is 38.1 Å². The molecule has 0 unspecified atom stereocenters. The second-order valence-electron chi connectivity index (χ2n) is 9.15. The molecule has 2 aliphatic rings. The monoisotopic (exact) mass is 462 g/mol. The number of likely N-dealkylation sites (tertiary alicyclic amines) is 1. The highest BCUT2D eigenvalue weighted by Crippen LogP contribution is 2.35. The van der Waals surface area contributed by atoms with Gasteiger partial charge in [-0.1, -0.05) is 12.1 Å². The predicted molar refractivity (Wildman–Crippen MR) is 122 cm³/mol. The van der Waals surface area contributed by atoms with Gasteiger partial charge in [-0.3, -0.25) is 14.6 Å². The SMILES string of the molecule is CN1CCC[C@@](C)(c2ccc(Cc3cc(-c4c(F)cccc4F)nc4c3C(=O)NC4)nc2)C1=O. The van der Waals surface area contributed by atoms with Crippen LogP contribution in [0.5, 0.6) is 0 Å². The summed E-state index contributed by atoms with van der Waals surface area (Å²) in [5.41, 5.74) is 2.30. The summed E-state index contributed by atoms with van der Waals surface area (Å²) in [6.07, 6.45) is 3.68. The van der Waals surface area contributed by atoms with Crippen molar-refractivity contribution in [1.82, 2.24) is 20.2 Å². The van der Waals surface area contributed by atoms with Crippen molar-refractivity contribution in [2.24, 2.45) is 0 Å². The van der Waals surface area contributed by atoms with E-state index in [0.717, 1.165) is 24.9 Å². The molecule has 0 aliphatic carbocycles. The molecule has 2 aliphatic heterocycles. The van der Waals surface area contributed by atoms with Crippen molar-refractivity contribution in [3.05, 3.63) is 82.3 Å². The Hall–Kier alpha value is -3.68. The first kappa shape index (κ1) is 22.1. The highest BCUT2D eigenvalue weighted by atomic mass is 19.1. The van der Waals surface area contributed by atoms with Crippen LogP contribution in [0.25, 0.3) is 11.3 Å². The molecule has 0 spiro atoms. The number of halogens is 2. The van der Waals surface area contributed by atoms with Crippen molar-refractivity contribution in [3.8, 4) is 11.3 Å². The Bertz CT molecular complexity index is 1290. The van der Waals surface area contributed by atoms with E-state index in [4.69, 9.17) is 0 Å². The van der Waals surface area contributed by atoms with E-state index in [2.05, 4.69) is 15.3 Å². The lowest BCUT2D eigenvalue weighted by molar-refractivity contribution is -0.138. The Kier molecular flexibility index (Phi) is 5.38. The molecule has 0 bridgehead atoms. The molecule has 8 heteroatoms. The van der Waals surface area contributed by atoms with Gasteiger partial charge in [0.15, 0.2) is 0 Å². The number of carbonyl (C=O) groups excluding carboxylic acids is 2. The molecule has 34 heavy (non-hydrogen) atoms. The number of fused-ring (bicyclic) bond motifs is 1. The van der Waals surface area contributed by atoms with Gasteiger partial charge < -0.3 is 10.2 Å². The van der Waals surface area contributed by atoms with Crippen LogP contribution in [0.1, 0.15) is 52.6 Å². The molecular weight excluding hydrogens is 438 g/mol. The van der Waals surface area contributed by atoms with Crippen LogP contribution >= 0.6 is 0 Å². The van der Waals surface area contributed by atoms with E-state index in [1.807, 2.05) is 26.1 Å². The van der Waals surface area contributed by atoms with Gasteiger partial charge in [-0.05, 0) is 55.2 Å². The van der Waals surface area contributed by atoms with E-state index in [0.29, 0.717) is 22.5 Å². The zero-order chi connectivity index (χ0) is 24.0. The van der Waals surface area contributed by atoms with Crippen molar-refractivity contribution in [2.75, 3.05) is 13.6 Å². The molecule has 1 N–H and O–H groups in total. The molecule has 4 heterocycles. The predicted octanol–water partition coefficient (Wildman–Crippen LogP) is 3.77. The van der Waals surface area contributed by atoms with E-state index in [1.165, 1.54) is 18.2 Å². The van der Waals surface area contributed by atoms with Gasteiger partial charge >= 0.3 is 0 Å². The zero-order valence-electron chi connectivity index (χ0n) is 19.0. The summed E-state index contributed by atoms with van der Waals surface area (Å²) in [5, 5.41) is 2.73. The largest absolute Gasteiger partial charge is 0.346 e. The molecule has 1 aromatic carbocycles. The lowest BCUT2D eigenvalue weighted by Crippen LogP contribution is -2.48. The minimum atomic E-state index is -0.714. The Labute approximate surface area is 196 Å². The summed E-state index contributed by atoms with van der Waals surface area (Å²) in [6, 6.07) is 8.96. The standard InChI is InChI=1S/C26H24F2N4O2/c1-26(9-4-10-32(2)25(26)34)16-7-8-17(29-13-16)11-15-12-20(23-18(27)5-3-6-19(23)28)31-21-14-30-24(33)22(15)21/h3,5-8,12-13H,4,9-11,14H2,1-2H3,(H,30,33)/t26-/m0/s1. The van der Waals surface area contributed by atoms with Crippen LogP contribution in [-0.4, -0.2) is 40.3 Å². The fourth-order valence-electron chi connectivity index (χ4n) is 4.94. The van der Waals surface area contributed by atoms with E-state index < -0.39 is 17.0 Å². The molecule has 6 nitrogen and oxygen atoms in total. The van der Waals surface area contributed by atoms with Crippen LogP contribution in [0.3, 0.4) is 0 Å². The van der Waals surface area contributed by atoms with Gasteiger partial charge in [0.1, 0.15) is 11.6 Å². The number of piperidine rings is 1. The summed E-state index contributed by atoms with van der Waals surface area (Å²) in [5.74, 6) is -1.62. The van der Waals surface area contributed by atoms with E-state index in [-0.39, 0.29) is 36.0 Å². The summed E-state index contributed by atoms with van der Waals surface area (Å²) >= 11 is 0. The quantitative estimate of drug-likeness (QED) is 0.641. The van der Waals surface area contributed by atoms with Crippen molar-refractivity contribution in [3.63, 3.8) is 0 Å². The summed E-state index contributed by atoms with van der Waals surface area (Å²) in [6.45, 7) is 2.89. The first-order chi connectivity index (χ1) is 16.3. The van der Waals surface area contributed by atoms with E-state index in [9.17, 15) is 18.4 Å². The van der Waals surface area contributed by atoms with Gasteiger partial charge in [0.2, 0.25) is 5.91 Å². The molecule has 0 saturated carbocycles. The number of amides is 2. The number of benzene rings is 1. The molecule has 2 aromatic heterocycles. The topological polar surface area (TPSA) is 75.2 Å². The third kappa shape index (κ3) is 3.63. The molecule has 1 saturated heterocycles. The highest BCUT2D eigenvalue weighted by Gasteiger charge is 2.40. The first-order valence-corrected chi connectivity index (χ1v) is 11.2. The maximum absolute atomic E-state index is 14.4. The van der Waals surface area contributed by atoms with E-state index >= 15 is 0 Å². The summed E-state index contributed by atoms with van der Waals surface area (Å²) in [4.78, 5) is 36.0. The van der Waals surface area contributed by atoms with Gasteiger partial charge in [0, 0.05) is 31.9 Å². The maximum atomic E-state index is 14.4. The minimum Gasteiger partial charge on any atom is -0.346 e. The molecule has 174 valence electrons. The van der Waals surface area contributed by atoms with Gasteiger partial charge in [-0.25, -0.2) is 13.8 Å². The van der Waals surface area contributed by atoms with Crippen molar-refractivity contribution in [1.29, 1.82) is 0 Å². The third-order valence-corrected chi connectivity index (χ3v) is 6.86. The number of likely N-dealkylation sites (N-methyl/N-ethyl adjacent to an activating group) is 1. The Balaban J connectivity index is 1.51. The molecule has 5 rings (SSSR count). The van der Waals surface area contributed by atoms with Crippen molar-refractivity contribution < 1.29 is 18.4 Å². The number of pyridine rings is 2. The second kappa shape index (κ2) is 8.27. The number of nitrogens with zero attached hydrogens (tertiary/aromatic N) is 3. The molecular formula is C26H24F2N4O2. The molecule has 3 aromatic rings. The lowest BCUT2D eigenvalue weighted by atomic mass is 9.76. The fraction of sp³-hybridized carbons (Fsp3) is 0.308. The van der Waals surface area contributed by atoms with Gasteiger partial charge in [-0.15, -0.1) is 0 Å². The summed E-state index contributed by atoms with van der Waals surface area (Å²) in [7, 11) is 1.81. The second-order valence-corrected chi connectivity index (χ2v) is 9.15. The normalized spacial score (nSPS) is 19.8. The number of rotatable bonds is 4. The fourth-order valence-corrected chi connectivity index (χ4v) is 4.94. The number of carbonyl (C=O) groups is 2. The Morgan fingerprint density at radius 3 is 2.59 bits per heavy atom. The van der Waals surface area contributed by atoms with Crippen molar-refractivity contribution >= 4 is 11.8 Å². The number of hydrogen-bond acceptors (Lipinski definition) is 4. The van der Waals surface area contributed by atoms with Crippen LogP contribution in [0.4, 0.5) is 8.78 Å². The van der Waals surface area contributed by atoms with Crippen LogP contribution in [-0.2, 0) is 23.2 Å². The molecule has 2 amide bonds. The molecule has 1 atom stereocenters. The average molecular weight is 463 g/mol. The van der Waals surface area contributed by atoms with Gasteiger partial charge in [0.05, 0.1) is 34.5 Å². The first-order valence-electron chi connectivity index (χ1n) is 11.2. The van der Waals surface area contributed by atoms with Crippen LogP contribution < -0.4 is 5.32 Å². The molecule has 1 fully saturated rings. The third-order valence-electron chi connectivity index (χ3n) is 6.86. The van der Waals surface area contributed by atoms with Gasteiger partial charge in [0.25, 0.3) is 5.91 Å². The zero-order valence-corrected chi connectivity index (χ0v) is 19.0.